The van der Waals surface area contributed by atoms with Gasteiger partial charge in [-0.2, -0.15) is 0 Å². The largest absolute Gasteiger partial charge is 0.461 e. The van der Waals surface area contributed by atoms with Crippen LogP contribution in [0.5, 0.6) is 0 Å². The Labute approximate surface area is 87.8 Å². The lowest BCUT2D eigenvalue weighted by molar-refractivity contribution is -0.146. The molecule has 15 heavy (non-hydrogen) atoms. The topological polar surface area (TPSA) is 35.5 Å². The third-order valence-electron chi connectivity index (χ3n) is 1.86. The zero-order valence-corrected chi connectivity index (χ0v) is 8.53. The predicted octanol–water partition coefficient (Wildman–Crippen LogP) is 1.91. The lowest BCUT2D eigenvalue weighted by Crippen LogP contribution is -2.08. The van der Waals surface area contributed by atoms with Crippen molar-refractivity contribution in [1.82, 2.24) is 0 Å². The van der Waals surface area contributed by atoms with Crippen LogP contribution in [0.2, 0.25) is 0 Å². The van der Waals surface area contributed by atoms with Crippen LogP contribution in [0, 0.1) is 5.82 Å². The zero-order valence-electron chi connectivity index (χ0n) is 8.53. The lowest BCUT2D eigenvalue weighted by atomic mass is 10.2. The average Bonchev–Trinajstić information content (AvgIpc) is 2.25. The molecule has 0 amide bonds. The fourth-order valence-electron chi connectivity index (χ4n) is 1.03. The normalized spacial score (nSPS) is 10.0. The Bertz CT molecular complexity index is 325. The molecule has 0 heterocycles. The van der Waals surface area contributed by atoms with E-state index in [1.165, 1.54) is 13.2 Å². The van der Waals surface area contributed by atoms with E-state index in [-0.39, 0.29) is 24.8 Å². The van der Waals surface area contributed by atoms with Crippen LogP contribution in [0.4, 0.5) is 4.39 Å². The number of hydrogen-bond donors (Lipinski definition) is 0. The number of halogens is 1. The fourth-order valence-corrected chi connectivity index (χ4v) is 1.03. The SMILES string of the molecule is COCCC(=O)OCc1ccccc1F. The van der Waals surface area contributed by atoms with Crippen LogP contribution in [0.3, 0.4) is 0 Å². The van der Waals surface area contributed by atoms with Gasteiger partial charge in [0, 0.05) is 12.7 Å². The molecular weight excluding hydrogens is 199 g/mol. The van der Waals surface area contributed by atoms with E-state index in [9.17, 15) is 9.18 Å². The van der Waals surface area contributed by atoms with Gasteiger partial charge in [-0.05, 0) is 6.07 Å². The molecule has 0 N–H and O–H groups in total. The van der Waals surface area contributed by atoms with E-state index >= 15 is 0 Å². The molecule has 0 aromatic heterocycles. The summed E-state index contributed by atoms with van der Waals surface area (Å²) < 4.78 is 22.6. The van der Waals surface area contributed by atoms with Crippen LogP contribution in [-0.4, -0.2) is 19.7 Å². The number of rotatable bonds is 5. The Balaban J connectivity index is 2.37. The van der Waals surface area contributed by atoms with Crippen molar-refractivity contribution < 1.29 is 18.7 Å². The van der Waals surface area contributed by atoms with Gasteiger partial charge >= 0.3 is 5.97 Å². The zero-order chi connectivity index (χ0) is 11.1. The summed E-state index contributed by atoms with van der Waals surface area (Å²) in [5, 5.41) is 0. The molecule has 0 aliphatic carbocycles. The van der Waals surface area contributed by atoms with Crippen molar-refractivity contribution in [2.75, 3.05) is 13.7 Å². The van der Waals surface area contributed by atoms with Gasteiger partial charge in [-0.1, -0.05) is 18.2 Å². The molecular formula is C11H13FO3. The molecule has 3 nitrogen and oxygen atoms in total. The highest BCUT2D eigenvalue weighted by Gasteiger charge is 2.05. The number of carbonyl (C=O) groups excluding carboxylic acids is 1. The first kappa shape index (κ1) is 11.7. The quantitative estimate of drug-likeness (QED) is 0.699. The van der Waals surface area contributed by atoms with Crippen molar-refractivity contribution in [2.24, 2.45) is 0 Å². The molecule has 1 aromatic rings. The Morgan fingerprint density at radius 3 is 2.80 bits per heavy atom. The smallest absolute Gasteiger partial charge is 0.308 e. The highest BCUT2D eigenvalue weighted by atomic mass is 19.1. The van der Waals surface area contributed by atoms with Crippen LogP contribution in [0.15, 0.2) is 24.3 Å². The summed E-state index contributed by atoms with van der Waals surface area (Å²) >= 11 is 0. The lowest BCUT2D eigenvalue weighted by Gasteiger charge is -2.05. The maximum atomic E-state index is 13.1. The van der Waals surface area contributed by atoms with Gasteiger partial charge in [-0.25, -0.2) is 4.39 Å². The second kappa shape index (κ2) is 6.14. The van der Waals surface area contributed by atoms with E-state index in [0.29, 0.717) is 12.2 Å². The van der Waals surface area contributed by atoms with Gasteiger partial charge < -0.3 is 9.47 Å². The summed E-state index contributed by atoms with van der Waals surface area (Å²) in [6, 6.07) is 6.20. The van der Waals surface area contributed by atoms with Gasteiger partial charge in [0.2, 0.25) is 0 Å². The van der Waals surface area contributed by atoms with Crippen molar-refractivity contribution in [3.8, 4) is 0 Å². The average molecular weight is 212 g/mol. The Kier molecular flexibility index (Phi) is 4.77. The van der Waals surface area contributed by atoms with E-state index in [1.54, 1.807) is 18.2 Å². The first-order chi connectivity index (χ1) is 7.24. The van der Waals surface area contributed by atoms with E-state index in [2.05, 4.69) is 0 Å². The Morgan fingerprint density at radius 2 is 2.13 bits per heavy atom. The van der Waals surface area contributed by atoms with E-state index in [1.807, 2.05) is 0 Å². The standard InChI is InChI=1S/C11H13FO3/c1-14-7-6-11(13)15-8-9-4-2-3-5-10(9)12/h2-5H,6-8H2,1H3. The Hall–Kier alpha value is -1.42. The summed E-state index contributed by atoms with van der Waals surface area (Å²) in [5.74, 6) is -0.753. The van der Waals surface area contributed by atoms with Crippen molar-refractivity contribution in [3.63, 3.8) is 0 Å². The van der Waals surface area contributed by atoms with E-state index < -0.39 is 0 Å². The maximum Gasteiger partial charge on any atom is 0.308 e. The van der Waals surface area contributed by atoms with Crippen LogP contribution >= 0.6 is 0 Å². The van der Waals surface area contributed by atoms with Gasteiger partial charge in [0.05, 0.1) is 13.0 Å². The summed E-state index contributed by atoms with van der Waals surface area (Å²) in [6.07, 6.45) is 0.185. The van der Waals surface area contributed by atoms with Crippen LogP contribution < -0.4 is 0 Å². The third kappa shape index (κ3) is 4.08. The molecule has 0 saturated heterocycles. The van der Waals surface area contributed by atoms with E-state index in [4.69, 9.17) is 9.47 Å². The molecule has 1 rings (SSSR count). The molecule has 82 valence electrons. The number of carbonyl (C=O) groups is 1. The van der Waals surface area contributed by atoms with E-state index in [0.717, 1.165) is 0 Å². The number of esters is 1. The summed E-state index contributed by atoms with van der Waals surface area (Å²) in [7, 11) is 1.50. The highest BCUT2D eigenvalue weighted by molar-refractivity contribution is 5.69. The monoisotopic (exact) mass is 212 g/mol. The second-order valence-electron chi connectivity index (χ2n) is 2.99. The van der Waals surface area contributed by atoms with Gasteiger partial charge in [-0.3, -0.25) is 4.79 Å². The number of hydrogen-bond acceptors (Lipinski definition) is 3. The third-order valence-corrected chi connectivity index (χ3v) is 1.86. The molecule has 0 aliphatic rings. The first-order valence-corrected chi connectivity index (χ1v) is 4.62. The highest BCUT2D eigenvalue weighted by Crippen LogP contribution is 2.07. The van der Waals surface area contributed by atoms with Gasteiger partial charge in [0.15, 0.2) is 0 Å². The summed E-state index contributed by atoms with van der Waals surface area (Å²) in [4.78, 5) is 11.1. The molecule has 0 spiro atoms. The molecule has 0 aliphatic heterocycles. The minimum Gasteiger partial charge on any atom is -0.461 e. The second-order valence-corrected chi connectivity index (χ2v) is 2.99. The molecule has 1 aromatic carbocycles. The summed E-state index contributed by atoms with van der Waals surface area (Å²) in [5.41, 5.74) is 0.378. The van der Waals surface area contributed by atoms with Gasteiger partial charge in [-0.15, -0.1) is 0 Å². The molecule has 0 radical (unpaired) electrons. The minimum absolute atomic E-state index is 0.0325. The van der Waals surface area contributed by atoms with Crippen LogP contribution in [0.1, 0.15) is 12.0 Å². The summed E-state index contributed by atoms with van der Waals surface area (Å²) in [6.45, 7) is 0.283. The van der Waals surface area contributed by atoms with Crippen LogP contribution in [-0.2, 0) is 20.9 Å². The van der Waals surface area contributed by atoms with Crippen molar-refractivity contribution in [2.45, 2.75) is 13.0 Å². The Morgan fingerprint density at radius 1 is 1.40 bits per heavy atom. The number of methoxy groups -OCH3 is 1. The molecule has 0 bridgehead atoms. The molecule has 0 unspecified atom stereocenters. The molecule has 0 saturated carbocycles. The number of ether oxygens (including phenoxy) is 2. The maximum absolute atomic E-state index is 13.1. The van der Waals surface area contributed by atoms with Gasteiger partial charge in [0.1, 0.15) is 12.4 Å². The molecule has 0 atom stereocenters. The fraction of sp³-hybridized carbons (Fsp3) is 0.364. The van der Waals surface area contributed by atoms with Crippen molar-refractivity contribution in [1.29, 1.82) is 0 Å². The predicted molar refractivity (Wildman–Crippen MR) is 52.7 cm³/mol. The van der Waals surface area contributed by atoms with Crippen molar-refractivity contribution in [3.05, 3.63) is 35.6 Å². The number of benzene rings is 1. The molecule has 4 heteroatoms. The molecule has 0 fully saturated rings. The first-order valence-electron chi connectivity index (χ1n) is 4.62. The van der Waals surface area contributed by atoms with Crippen LogP contribution in [0.25, 0.3) is 0 Å². The minimum atomic E-state index is -0.389. The van der Waals surface area contributed by atoms with Gasteiger partial charge in [0.25, 0.3) is 0 Å². The van der Waals surface area contributed by atoms with Crippen molar-refractivity contribution >= 4 is 5.97 Å².